The standard InChI is InChI=1S/C10H9ClF3NO2/c1-2-17-10(16)6-4-15-8(9(13)14)5(3-11)7(6)12/h4,9H,2-3H2,1H3. The fourth-order valence-electron chi connectivity index (χ4n) is 1.21. The van der Waals surface area contributed by atoms with Gasteiger partial charge in [-0.05, 0) is 6.92 Å². The Bertz CT molecular complexity index is 426. The molecular weight excluding hydrogens is 259 g/mol. The second kappa shape index (κ2) is 5.86. The fraction of sp³-hybridized carbons (Fsp3) is 0.400. The summed E-state index contributed by atoms with van der Waals surface area (Å²) in [6.07, 6.45) is -2.22. The van der Waals surface area contributed by atoms with Crippen LogP contribution in [0, 0.1) is 5.82 Å². The van der Waals surface area contributed by atoms with Gasteiger partial charge in [0.1, 0.15) is 17.1 Å². The largest absolute Gasteiger partial charge is 0.462 e. The molecule has 7 heteroatoms. The molecule has 0 N–H and O–H groups in total. The van der Waals surface area contributed by atoms with E-state index in [4.69, 9.17) is 11.6 Å². The second-order valence-electron chi connectivity index (χ2n) is 3.00. The zero-order valence-electron chi connectivity index (χ0n) is 8.84. The summed E-state index contributed by atoms with van der Waals surface area (Å²) in [6, 6.07) is 0. The van der Waals surface area contributed by atoms with Gasteiger partial charge in [0.25, 0.3) is 6.43 Å². The lowest BCUT2D eigenvalue weighted by Gasteiger charge is -2.09. The Morgan fingerprint density at radius 3 is 2.71 bits per heavy atom. The van der Waals surface area contributed by atoms with Crippen LogP contribution >= 0.6 is 11.6 Å². The van der Waals surface area contributed by atoms with Gasteiger partial charge >= 0.3 is 5.97 Å². The van der Waals surface area contributed by atoms with Crippen LogP contribution in [0.5, 0.6) is 0 Å². The van der Waals surface area contributed by atoms with Crippen LogP contribution in [0.1, 0.15) is 35.0 Å². The topological polar surface area (TPSA) is 39.2 Å². The molecule has 0 unspecified atom stereocenters. The number of halogens is 4. The van der Waals surface area contributed by atoms with Gasteiger partial charge in [-0.3, -0.25) is 4.98 Å². The lowest BCUT2D eigenvalue weighted by Crippen LogP contribution is -2.12. The highest BCUT2D eigenvalue weighted by Gasteiger charge is 2.23. The average molecular weight is 268 g/mol. The fourth-order valence-corrected chi connectivity index (χ4v) is 1.46. The van der Waals surface area contributed by atoms with Gasteiger partial charge in [-0.1, -0.05) is 0 Å². The summed E-state index contributed by atoms with van der Waals surface area (Å²) in [7, 11) is 0. The van der Waals surface area contributed by atoms with E-state index in [-0.39, 0.29) is 6.61 Å². The van der Waals surface area contributed by atoms with E-state index in [0.29, 0.717) is 0 Å². The number of carbonyl (C=O) groups is 1. The molecule has 0 amide bonds. The summed E-state index contributed by atoms with van der Waals surface area (Å²) in [5, 5.41) is 0. The highest BCUT2D eigenvalue weighted by molar-refractivity contribution is 6.17. The van der Waals surface area contributed by atoms with Crippen molar-refractivity contribution in [2.45, 2.75) is 19.2 Å². The molecule has 0 aromatic carbocycles. The molecule has 0 atom stereocenters. The van der Waals surface area contributed by atoms with Crippen molar-refractivity contribution in [1.82, 2.24) is 4.98 Å². The van der Waals surface area contributed by atoms with Crippen LogP contribution in [-0.4, -0.2) is 17.6 Å². The van der Waals surface area contributed by atoms with Crippen LogP contribution in [-0.2, 0) is 10.6 Å². The van der Waals surface area contributed by atoms with Crippen LogP contribution < -0.4 is 0 Å². The quantitative estimate of drug-likeness (QED) is 0.622. The number of rotatable bonds is 4. The van der Waals surface area contributed by atoms with Gasteiger partial charge in [-0.2, -0.15) is 0 Å². The van der Waals surface area contributed by atoms with Gasteiger partial charge in [0.2, 0.25) is 0 Å². The Morgan fingerprint density at radius 2 is 2.24 bits per heavy atom. The molecule has 0 radical (unpaired) electrons. The molecule has 0 bridgehead atoms. The molecule has 17 heavy (non-hydrogen) atoms. The molecular formula is C10H9ClF3NO2. The van der Waals surface area contributed by atoms with Crippen molar-refractivity contribution in [2.75, 3.05) is 6.61 Å². The molecule has 1 aromatic rings. The summed E-state index contributed by atoms with van der Waals surface area (Å²) in [5.74, 6) is -2.56. The first-order chi connectivity index (χ1) is 8.02. The second-order valence-corrected chi connectivity index (χ2v) is 3.27. The molecule has 94 valence electrons. The van der Waals surface area contributed by atoms with Gasteiger partial charge in [-0.15, -0.1) is 11.6 Å². The number of pyridine rings is 1. The summed E-state index contributed by atoms with van der Waals surface area (Å²) in [4.78, 5) is 14.6. The van der Waals surface area contributed by atoms with Gasteiger partial charge in [0, 0.05) is 11.8 Å². The predicted octanol–water partition coefficient (Wildman–Crippen LogP) is 3.07. The zero-order chi connectivity index (χ0) is 13.0. The first-order valence-corrected chi connectivity index (χ1v) is 5.24. The summed E-state index contributed by atoms with van der Waals surface area (Å²) < 4.78 is 43.2. The lowest BCUT2D eigenvalue weighted by molar-refractivity contribution is 0.0519. The van der Waals surface area contributed by atoms with Crippen molar-refractivity contribution in [3.63, 3.8) is 0 Å². The third kappa shape index (κ3) is 2.88. The minimum absolute atomic E-state index is 0.0467. The molecule has 1 rings (SSSR count). The Morgan fingerprint density at radius 1 is 1.59 bits per heavy atom. The monoisotopic (exact) mass is 267 g/mol. The summed E-state index contributed by atoms with van der Waals surface area (Å²) >= 11 is 5.37. The van der Waals surface area contributed by atoms with Crippen molar-refractivity contribution in [3.05, 3.63) is 28.8 Å². The maximum Gasteiger partial charge on any atom is 0.342 e. The molecule has 0 aliphatic heterocycles. The van der Waals surface area contributed by atoms with E-state index in [1.54, 1.807) is 6.92 Å². The van der Waals surface area contributed by atoms with Crippen LogP contribution in [0.3, 0.4) is 0 Å². The Kier molecular flexibility index (Phi) is 4.74. The third-order valence-corrected chi connectivity index (χ3v) is 2.25. The Labute approximate surface area is 101 Å². The van der Waals surface area contributed by atoms with E-state index in [2.05, 4.69) is 9.72 Å². The van der Waals surface area contributed by atoms with Gasteiger partial charge in [-0.25, -0.2) is 18.0 Å². The maximum atomic E-state index is 13.7. The molecule has 0 fully saturated rings. The van der Waals surface area contributed by atoms with E-state index < -0.39 is 40.9 Å². The van der Waals surface area contributed by atoms with Gasteiger partial charge in [0.05, 0.1) is 12.5 Å². The zero-order valence-corrected chi connectivity index (χ0v) is 9.60. The maximum absolute atomic E-state index is 13.7. The van der Waals surface area contributed by atoms with Crippen molar-refractivity contribution in [1.29, 1.82) is 0 Å². The molecule has 0 aliphatic rings. The number of alkyl halides is 3. The van der Waals surface area contributed by atoms with Crippen LogP contribution in [0.15, 0.2) is 6.20 Å². The average Bonchev–Trinajstić information content (AvgIpc) is 2.28. The molecule has 0 spiro atoms. The number of hydrogen-bond donors (Lipinski definition) is 0. The number of nitrogens with zero attached hydrogens (tertiary/aromatic N) is 1. The molecule has 3 nitrogen and oxygen atoms in total. The van der Waals surface area contributed by atoms with Crippen molar-refractivity contribution in [3.8, 4) is 0 Å². The van der Waals surface area contributed by atoms with Crippen molar-refractivity contribution < 1.29 is 22.7 Å². The van der Waals surface area contributed by atoms with E-state index in [1.165, 1.54) is 0 Å². The molecule has 1 heterocycles. The van der Waals surface area contributed by atoms with Crippen molar-refractivity contribution >= 4 is 17.6 Å². The molecule has 0 saturated heterocycles. The highest BCUT2D eigenvalue weighted by Crippen LogP contribution is 2.26. The van der Waals surface area contributed by atoms with Crippen LogP contribution in [0.25, 0.3) is 0 Å². The highest BCUT2D eigenvalue weighted by atomic mass is 35.5. The smallest absolute Gasteiger partial charge is 0.342 e. The van der Waals surface area contributed by atoms with E-state index in [0.717, 1.165) is 6.20 Å². The Hall–Kier alpha value is -1.30. The van der Waals surface area contributed by atoms with Crippen molar-refractivity contribution in [2.24, 2.45) is 0 Å². The third-order valence-electron chi connectivity index (χ3n) is 1.98. The van der Waals surface area contributed by atoms with E-state index >= 15 is 0 Å². The number of aromatic nitrogens is 1. The summed E-state index contributed by atoms with van der Waals surface area (Å²) in [6.45, 7) is 1.59. The predicted molar refractivity (Wildman–Crippen MR) is 54.7 cm³/mol. The van der Waals surface area contributed by atoms with Crippen LogP contribution in [0.4, 0.5) is 13.2 Å². The van der Waals surface area contributed by atoms with E-state index in [9.17, 15) is 18.0 Å². The van der Waals surface area contributed by atoms with Gasteiger partial charge in [0.15, 0.2) is 0 Å². The number of hydrogen-bond acceptors (Lipinski definition) is 3. The molecule has 0 saturated carbocycles. The normalized spacial score (nSPS) is 10.7. The summed E-state index contributed by atoms with van der Waals surface area (Å²) in [5.41, 5.74) is -1.73. The van der Waals surface area contributed by atoms with Crippen LogP contribution in [0.2, 0.25) is 0 Å². The number of ether oxygens (including phenoxy) is 1. The number of esters is 1. The SMILES string of the molecule is CCOC(=O)c1cnc(C(F)F)c(CCl)c1F. The van der Waals surface area contributed by atoms with Gasteiger partial charge < -0.3 is 4.74 Å². The molecule has 0 aliphatic carbocycles. The Balaban J connectivity index is 3.24. The molecule has 1 aromatic heterocycles. The first kappa shape index (κ1) is 13.8. The van der Waals surface area contributed by atoms with E-state index in [1.807, 2.05) is 0 Å². The minimum Gasteiger partial charge on any atom is -0.462 e. The number of carbonyl (C=O) groups excluding carboxylic acids is 1. The minimum atomic E-state index is -2.95. The first-order valence-electron chi connectivity index (χ1n) is 4.71. The lowest BCUT2D eigenvalue weighted by atomic mass is 10.1.